The fourth-order valence-electron chi connectivity index (χ4n) is 1.49. The highest BCUT2D eigenvalue weighted by Crippen LogP contribution is 2.16. The van der Waals surface area contributed by atoms with Crippen LogP contribution in [0.3, 0.4) is 0 Å². The number of nitrogens with two attached hydrogens (primary N) is 1. The quantitative estimate of drug-likeness (QED) is 0.836. The van der Waals surface area contributed by atoms with E-state index in [0.29, 0.717) is 19.0 Å². The largest absolute Gasteiger partial charge is 0.329 e. The standard InChI is InChI=1S/C12H18ClFN2/c1-8(2)12(6-15)16-7-9-3-4-11(14)10(13)5-9/h3-5,8,12,16H,6-7,15H2,1-2H3. The van der Waals surface area contributed by atoms with Crippen LogP contribution in [-0.4, -0.2) is 12.6 Å². The van der Waals surface area contributed by atoms with Crippen LogP contribution in [0.4, 0.5) is 4.39 Å². The molecule has 0 saturated carbocycles. The van der Waals surface area contributed by atoms with Gasteiger partial charge in [0.2, 0.25) is 0 Å². The minimum atomic E-state index is -0.385. The van der Waals surface area contributed by atoms with Gasteiger partial charge in [0.15, 0.2) is 0 Å². The third-order valence-electron chi connectivity index (χ3n) is 2.61. The second-order valence-corrected chi connectivity index (χ2v) is 4.62. The van der Waals surface area contributed by atoms with Gasteiger partial charge < -0.3 is 11.1 Å². The maximum Gasteiger partial charge on any atom is 0.141 e. The van der Waals surface area contributed by atoms with Crippen molar-refractivity contribution in [3.05, 3.63) is 34.6 Å². The van der Waals surface area contributed by atoms with Crippen LogP contribution >= 0.6 is 11.6 Å². The van der Waals surface area contributed by atoms with Crippen LogP contribution in [-0.2, 0) is 6.54 Å². The molecule has 0 aliphatic rings. The first-order valence-electron chi connectivity index (χ1n) is 5.42. The van der Waals surface area contributed by atoms with E-state index in [1.807, 2.05) is 0 Å². The molecule has 1 unspecified atom stereocenters. The van der Waals surface area contributed by atoms with Gasteiger partial charge in [-0.05, 0) is 23.6 Å². The molecule has 3 N–H and O–H groups in total. The number of nitrogens with one attached hydrogen (secondary N) is 1. The fourth-order valence-corrected chi connectivity index (χ4v) is 1.69. The van der Waals surface area contributed by atoms with Crippen molar-refractivity contribution >= 4 is 11.6 Å². The SMILES string of the molecule is CC(C)C(CN)NCc1ccc(F)c(Cl)c1. The van der Waals surface area contributed by atoms with Gasteiger partial charge in [-0.3, -0.25) is 0 Å². The maximum atomic E-state index is 12.9. The van der Waals surface area contributed by atoms with Gasteiger partial charge in [0.25, 0.3) is 0 Å². The Kier molecular flexibility index (Phi) is 5.19. The van der Waals surface area contributed by atoms with E-state index in [4.69, 9.17) is 17.3 Å². The Bertz CT molecular complexity index is 342. The first-order chi connectivity index (χ1) is 7.54. The van der Waals surface area contributed by atoms with Crippen molar-refractivity contribution in [3.8, 4) is 0 Å². The van der Waals surface area contributed by atoms with Crippen LogP contribution < -0.4 is 11.1 Å². The fraction of sp³-hybridized carbons (Fsp3) is 0.500. The highest BCUT2D eigenvalue weighted by Gasteiger charge is 2.10. The topological polar surface area (TPSA) is 38.0 Å². The van der Waals surface area contributed by atoms with E-state index < -0.39 is 0 Å². The molecule has 0 fully saturated rings. The molecule has 1 rings (SSSR count). The first-order valence-corrected chi connectivity index (χ1v) is 5.79. The Morgan fingerprint density at radius 3 is 2.62 bits per heavy atom. The Morgan fingerprint density at radius 2 is 2.12 bits per heavy atom. The Balaban J connectivity index is 2.57. The van der Waals surface area contributed by atoms with Crippen molar-refractivity contribution in [1.82, 2.24) is 5.32 Å². The summed E-state index contributed by atoms with van der Waals surface area (Å²) < 4.78 is 12.9. The molecule has 0 heterocycles. The minimum Gasteiger partial charge on any atom is -0.329 e. The van der Waals surface area contributed by atoms with Gasteiger partial charge in [-0.2, -0.15) is 0 Å². The van der Waals surface area contributed by atoms with Crippen LogP contribution in [0.2, 0.25) is 5.02 Å². The third-order valence-corrected chi connectivity index (χ3v) is 2.90. The van der Waals surface area contributed by atoms with Crippen molar-refractivity contribution < 1.29 is 4.39 Å². The van der Waals surface area contributed by atoms with E-state index in [1.165, 1.54) is 6.07 Å². The first kappa shape index (κ1) is 13.4. The van der Waals surface area contributed by atoms with Crippen LogP contribution in [0.25, 0.3) is 0 Å². The van der Waals surface area contributed by atoms with Gasteiger partial charge in [-0.1, -0.05) is 31.5 Å². The molecule has 1 atom stereocenters. The van der Waals surface area contributed by atoms with E-state index in [-0.39, 0.29) is 16.9 Å². The highest BCUT2D eigenvalue weighted by molar-refractivity contribution is 6.30. The van der Waals surface area contributed by atoms with E-state index in [0.717, 1.165) is 5.56 Å². The van der Waals surface area contributed by atoms with Crippen molar-refractivity contribution in [2.45, 2.75) is 26.4 Å². The summed E-state index contributed by atoms with van der Waals surface area (Å²) in [6.07, 6.45) is 0. The molecule has 0 radical (unpaired) electrons. The third kappa shape index (κ3) is 3.74. The van der Waals surface area contributed by atoms with E-state index in [2.05, 4.69) is 19.2 Å². The summed E-state index contributed by atoms with van der Waals surface area (Å²) in [5.41, 5.74) is 6.61. The lowest BCUT2D eigenvalue weighted by atomic mass is 10.0. The Labute approximate surface area is 101 Å². The molecule has 1 aromatic rings. The number of hydrogen-bond donors (Lipinski definition) is 2. The van der Waals surface area contributed by atoms with Crippen molar-refractivity contribution in [2.24, 2.45) is 11.7 Å². The van der Waals surface area contributed by atoms with Crippen LogP contribution in [0.15, 0.2) is 18.2 Å². The van der Waals surface area contributed by atoms with Gasteiger partial charge >= 0.3 is 0 Å². The molecule has 0 saturated heterocycles. The summed E-state index contributed by atoms with van der Waals surface area (Å²) in [6.45, 7) is 5.47. The van der Waals surface area contributed by atoms with Gasteiger partial charge in [0, 0.05) is 19.1 Å². The summed E-state index contributed by atoms with van der Waals surface area (Å²) in [5, 5.41) is 3.49. The molecule has 0 aliphatic carbocycles. The zero-order valence-corrected chi connectivity index (χ0v) is 10.4. The average Bonchev–Trinajstić information content (AvgIpc) is 2.23. The number of benzene rings is 1. The predicted molar refractivity (Wildman–Crippen MR) is 65.9 cm³/mol. The highest BCUT2D eigenvalue weighted by atomic mass is 35.5. The lowest BCUT2D eigenvalue weighted by molar-refractivity contribution is 0.405. The van der Waals surface area contributed by atoms with Crippen molar-refractivity contribution in [2.75, 3.05) is 6.54 Å². The Hall–Kier alpha value is -0.640. The molecule has 4 heteroatoms. The van der Waals surface area contributed by atoms with Crippen LogP contribution in [0.1, 0.15) is 19.4 Å². The summed E-state index contributed by atoms with van der Waals surface area (Å²) >= 11 is 5.70. The Morgan fingerprint density at radius 1 is 1.44 bits per heavy atom. The molecule has 0 spiro atoms. The summed E-state index contributed by atoms with van der Waals surface area (Å²) in [7, 11) is 0. The van der Waals surface area contributed by atoms with E-state index in [9.17, 15) is 4.39 Å². The van der Waals surface area contributed by atoms with Crippen LogP contribution in [0, 0.1) is 11.7 Å². The zero-order valence-electron chi connectivity index (χ0n) is 9.63. The van der Waals surface area contributed by atoms with Crippen LogP contribution in [0.5, 0.6) is 0 Å². The molecular weight excluding hydrogens is 227 g/mol. The van der Waals surface area contributed by atoms with E-state index in [1.54, 1.807) is 12.1 Å². The normalized spacial score (nSPS) is 13.1. The smallest absolute Gasteiger partial charge is 0.141 e. The lowest BCUT2D eigenvalue weighted by Gasteiger charge is -2.20. The monoisotopic (exact) mass is 244 g/mol. The number of hydrogen-bond acceptors (Lipinski definition) is 2. The molecule has 16 heavy (non-hydrogen) atoms. The molecule has 0 bridgehead atoms. The molecule has 2 nitrogen and oxygen atoms in total. The lowest BCUT2D eigenvalue weighted by Crippen LogP contribution is -2.39. The molecule has 0 aromatic heterocycles. The predicted octanol–water partition coefficient (Wildman–Crippen LogP) is 2.55. The number of rotatable bonds is 5. The summed E-state index contributed by atoms with van der Waals surface area (Å²) in [6, 6.07) is 5.01. The van der Waals surface area contributed by atoms with Gasteiger partial charge in [0.05, 0.1) is 5.02 Å². The molecule has 1 aromatic carbocycles. The maximum absolute atomic E-state index is 12.9. The second kappa shape index (κ2) is 6.18. The van der Waals surface area contributed by atoms with Gasteiger partial charge in [-0.15, -0.1) is 0 Å². The molecule has 0 amide bonds. The number of halogens is 2. The molecule has 90 valence electrons. The van der Waals surface area contributed by atoms with Crippen molar-refractivity contribution in [1.29, 1.82) is 0 Å². The van der Waals surface area contributed by atoms with Gasteiger partial charge in [-0.25, -0.2) is 4.39 Å². The minimum absolute atomic E-state index is 0.160. The zero-order chi connectivity index (χ0) is 12.1. The summed E-state index contributed by atoms with van der Waals surface area (Å²) in [5.74, 6) is 0.0885. The van der Waals surface area contributed by atoms with Crippen molar-refractivity contribution in [3.63, 3.8) is 0 Å². The second-order valence-electron chi connectivity index (χ2n) is 4.22. The molecule has 0 aliphatic heterocycles. The average molecular weight is 245 g/mol. The van der Waals surface area contributed by atoms with Gasteiger partial charge in [0.1, 0.15) is 5.82 Å². The van der Waals surface area contributed by atoms with E-state index >= 15 is 0 Å². The summed E-state index contributed by atoms with van der Waals surface area (Å²) in [4.78, 5) is 0. The molecular formula is C12H18ClFN2.